The second kappa shape index (κ2) is 6.39. The summed E-state index contributed by atoms with van der Waals surface area (Å²) in [7, 11) is 1.78. The van der Waals surface area contributed by atoms with Gasteiger partial charge in [-0.25, -0.2) is 0 Å². The molecule has 0 spiro atoms. The van der Waals surface area contributed by atoms with Crippen molar-refractivity contribution in [1.29, 1.82) is 0 Å². The monoisotopic (exact) mass is 287 g/mol. The molecule has 0 radical (unpaired) electrons. The first-order valence-electron chi connectivity index (χ1n) is 6.35. The standard InChI is InChI=1S/C16H17NO2S/c1-12(13-5-7-14(18)8-6-13)17(2)16(19)10-9-15-4-3-11-20-15/h3-12,18H,1-2H3/b10-9+. The minimum atomic E-state index is -0.0453. The zero-order valence-electron chi connectivity index (χ0n) is 11.5. The van der Waals surface area contributed by atoms with Crippen LogP contribution in [0.1, 0.15) is 23.4 Å². The first-order valence-corrected chi connectivity index (χ1v) is 7.23. The second-order valence-electron chi connectivity index (χ2n) is 4.57. The molecule has 0 bridgehead atoms. The Morgan fingerprint density at radius 3 is 2.60 bits per heavy atom. The molecule has 1 amide bonds. The van der Waals surface area contributed by atoms with E-state index < -0.39 is 0 Å². The fourth-order valence-electron chi connectivity index (χ4n) is 1.82. The van der Waals surface area contributed by atoms with Crippen LogP contribution in [0.4, 0.5) is 0 Å². The van der Waals surface area contributed by atoms with E-state index in [0.717, 1.165) is 10.4 Å². The van der Waals surface area contributed by atoms with E-state index in [0.29, 0.717) is 0 Å². The molecule has 4 heteroatoms. The Labute approximate surface area is 122 Å². The molecule has 104 valence electrons. The molecule has 1 atom stereocenters. The highest BCUT2D eigenvalue weighted by molar-refractivity contribution is 7.10. The summed E-state index contributed by atoms with van der Waals surface area (Å²) in [5.41, 5.74) is 0.989. The third kappa shape index (κ3) is 3.48. The highest BCUT2D eigenvalue weighted by Gasteiger charge is 2.15. The quantitative estimate of drug-likeness (QED) is 0.871. The highest BCUT2D eigenvalue weighted by atomic mass is 32.1. The predicted octanol–water partition coefficient (Wildman–Crippen LogP) is 3.69. The number of hydrogen-bond acceptors (Lipinski definition) is 3. The molecule has 1 unspecified atom stereocenters. The average molecular weight is 287 g/mol. The van der Waals surface area contributed by atoms with Gasteiger partial charge < -0.3 is 10.0 Å². The van der Waals surface area contributed by atoms with Gasteiger partial charge in [0.25, 0.3) is 0 Å². The lowest BCUT2D eigenvalue weighted by molar-refractivity contribution is -0.126. The zero-order valence-corrected chi connectivity index (χ0v) is 12.3. The molecule has 20 heavy (non-hydrogen) atoms. The Kier molecular flexibility index (Phi) is 4.58. The van der Waals surface area contributed by atoms with Gasteiger partial charge in [0, 0.05) is 18.0 Å². The van der Waals surface area contributed by atoms with Crippen LogP contribution < -0.4 is 0 Å². The van der Waals surface area contributed by atoms with Gasteiger partial charge in [0.05, 0.1) is 6.04 Å². The molecule has 0 aliphatic heterocycles. The Bertz CT molecular complexity index is 587. The van der Waals surface area contributed by atoms with Gasteiger partial charge in [0.15, 0.2) is 0 Å². The highest BCUT2D eigenvalue weighted by Crippen LogP contribution is 2.21. The van der Waals surface area contributed by atoms with Crippen LogP contribution in [0.3, 0.4) is 0 Å². The van der Waals surface area contributed by atoms with Gasteiger partial charge in [-0.2, -0.15) is 0 Å². The number of likely N-dealkylation sites (N-methyl/N-ethyl adjacent to an activating group) is 1. The van der Waals surface area contributed by atoms with Crippen molar-refractivity contribution in [2.45, 2.75) is 13.0 Å². The molecule has 1 N–H and O–H groups in total. The van der Waals surface area contributed by atoms with Gasteiger partial charge in [0.1, 0.15) is 5.75 Å². The summed E-state index contributed by atoms with van der Waals surface area (Å²) in [6, 6.07) is 10.8. The minimum Gasteiger partial charge on any atom is -0.508 e. The zero-order chi connectivity index (χ0) is 14.5. The van der Waals surface area contributed by atoms with E-state index in [-0.39, 0.29) is 17.7 Å². The predicted molar refractivity (Wildman–Crippen MR) is 82.6 cm³/mol. The van der Waals surface area contributed by atoms with E-state index in [1.165, 1.54) is 0 Å². The number of nitrogens with zero attached hydrogens (tertiary/aromatic N) is 1. The van der Waals surface area contributed by atoms with Gasteiger partial charge in [-0.05, 0) is 42.1 Å². The molecule has 3 nitrogen and oxygen atoms in total. The summed E-state index contributed by atoms with van der Waals surface area (Å²) in [5.74, 6) is 0.187. The molecule has 0 aliphatic carbocycles. The van der Waals surface area contributed by atoms with Crippen molar-refractivity contribution in [3.8, 4) is 5.75 Å². The van der Waals surface area contributed by atoms with Gasteiger partial charge in [-0.15, -0.1) is 11.3 Å². The van der Waals surface area contributed by atoms with Crippen molar-refractivity contribution in [1.82, 2.24) is 4.90 Å². The molecule has 2 rings (SSSR count). The molecule has 0 saturated carbocycles. The fraction of sp³-hybridized carbons (Fsp3) is 0.188. The normalized spacial score (nSPS) is 12.5. The van der Waals surface area contributed by atoms with Crippen molar-refractivity contribution in [2.24, 2.45) is 0 Å². The van der Waals surface area contributed by atoms with Crippen molar-refractivity contribution in [3.63, 3.8) is 0 Å². The van der Waals surface area contributed by atoms with E-state index in [9.17, 15) is 9.90 Å². The summed E-state index contributed by atoms with van der Waals surface area (Å²) in [6.45, 7) is 1.96. The average Bonchev–Trinajstić information content (AvgIpc) is 2.97. The molecule has 1 aromatic carbocycles. The summed E-state index contributed by atoms with van der Waals surface area (Å²) in [5, 5.41) is 11.3. The molecular weight excluding hydrogens is 270 g/mol. The molecular formula is C16H17NO2S. The lowest BCUT2D eigenvalue weighted by Gasteiger charge is -2.24. The molecule has 0 saturated heterocycles. The maximum Gasteiger partial charge on any atom is 0.246 e. The number of carbonyl (C=O) groups excluding carboxylic acids is 1. The molecule has 1 aromatic heterocycles. The number of phenolic OH excluding ortho intramolecular Hbond substituents is 1. The van der Waals surface area contributed by atoms with Crippen LogP contribution in [0.2, 0.25) is 0 Å². The van der Waals surface area contributed by atoms with E-state index in [2.05, 4.69) is 0 Å². The van der Waals surface area contributed by atoms with Crippen LogP contribution in [0.15, 0.2) is 47.9 Å². The second-order valence-corrected chi connectivity index (χ2v) is 5.54. The Hall–Kier alpha value is -2.07. The maximum atomic E-state index is 12.1. The molecule has 0 aliphatic rings. The largest absolute Gasteiger partial charge is 0.508 e. The minimum absolute atomic E-state index is 0.0426. The number of aromatic hydroxyl groups is 1. The lowest BCUT2D eigenvalue weighted by atomic mass is 10.1. The molecule has 2 aromatic rings. The third-order valence-electron chi connectivity index (χ3n) is 3.24. The van der Waals surface area contributed by atoms with Crippen LogP contribution >= 0.6 is 11.3 Å². The van der Waals surface area contributed by atoms with Gasteiger partial charge in [0.2, 0.25) is 5.91 Å². The lowest BCUT2D eigenvalue weighted by Crippen LogP contribution is -2.27. The smallest absolute Gasteiger partial charge is 0.246 e. The van der Waals surface area contributed by atoms with Crippen molar-refractivity contribution < 1.29 is 9.90 Å². The van der Waals surface area contributed by atoms with Gasteiger partial charge in [-0.3, -0.25) is 4.79 Å². The SMILES string of the molecule is CC(c1ccc(O)cc1)N(C)C(=O)/C=C/c1cccs1. The summed E-state index contributed by atoms with van der Waals surface area (Å²) >= 11 is 1.60. The fourth-order valence-corrected chi connectivity index (χ4v) is 2.44. The Morgan fingerprint density at radius 2 is 2.00 bits per heavy atom. The number of phenols is 1. The van der Waals surface area contributed by atoms with E-state index in [1.54, 1.807) is 41.5 Å². The number of thiophene rings is 1. The van der Waals surface area contributed by atoms with Crippen LogP contribution in [-0.4, -0.2) is 23.0 Å². The van der Waals surface area contributed by atoms with Crippen LogP contribution in [0, 0.1) is 0 Å². The maximum absolute atomic E-state index is 12.1. The van der Waals surface area contributed by atoms with E-state index in [4.69, 9.17) is 0 Å². The van der Waals surface area contributed by atoms with Crippen molar-refractivity contribution >= 4 is 23.3 Å². The topological polar surface area (TPSA) is 40.5 Å². The molecule has 1 heterocycles. The van der Waals surface area contributed by atoms with Gasteiger partial charge >= 0.3 is 0 Å². The first kappa shape index (κ1) is 14.3. The third-order valence-corrected chi connectivity index (χ3v) is 4.07. The van der Waals surface area contributed by atoms with E-state index >= 15 is 0 Å². The van der Waals surface area contributed by atoms with Gasteiger partial charge in [-0.1, -0.05) is 18.2 Å². The van der Waals surface area contributed by atoms with Crippen LogP contribution in [-0.2, 0) is 4.79 Å². The number of hydrogen-bond donors (Lipinski definition) is 1. The number of rotatable bonds is 4. The Morgan fingerprint density at radius 1 is 1.30 bits per heavy atom. The van der Waals surface area contributed by atoms with Crippen LogP contribution in [0.5, 0.6) is 5.75 Å². The van der Waals surface area contributed by atoms with Crippen LogP contribution in [0.25, 0.3) is 6.08 Å². The van der Waals surface area contributed by atoms with E-state index in [1.807, 2.05) is 42.6 Å². The summed E-state index contributed by atoms with van der Waals surface area (Å²) in [6.07, 6.45) is 3.41. The molecule has 0 fully saturated rings. The summed E-state index contributed by atoms with van der Waals surface area (Å²) in [4.78, 5) is 14.9. The Balaban J connectivity index is 2.04. The summed E-state index contributed by atoms with van der Waals surface area (Å²) < 4.78 is 0. The number of amides is 1. The van der Waals surface area contributed by atoms with Crippen molar-refractivity contribution in [3.05, 3.63) is 58.3 Å². The first-order chi connectivity index (χ1) is 9.58. The number of benzene rings is 1. The van der Waals surface area contributed by atoms with Crippen molar-refractivity contribution in [2.75, 3.05) is 7.05 Å². The number of carbonyl (C=O) groups is 1.